The molecule has 0 spiro atoms. The molecule has 2 atom stereocenters. The van der Waals surface area contributed by atoms with Gasteiger partial charge in [0, 0.05) is 29.2 Å². The highest BCUT2D eigenvalue weighted by molar-refractivity contribution is 9.10. The Morgan fingerprint density at radius 3 is 2.72 bits per heavy atom. The van der Waals surface area contributed by atoms with E-state index in [1.807, 2.05) is 30.0 Å². The fourth-order valence-electron chi connectivity index (χ4n) is 3.82. The van der Waals surface area contributed by atoms with Gasteiger partial charge in [0.1, 0.15) is 5.75 Å². The number of aryl methyl sites for hydroxylation is 1. The lowest BCUT2D eigenvalue weighted by atomic mass is 9.92. The average Bonchev–Trinajstić information content (AvgIpc) is 2.66. The summed E-state index contributed by atoms with van der Waals surface area (Å²) >= 11 is 3.49. The maximum Gasteiger partial charge on any atom is 0.513 e. The summed E-state index contributed by atoms with van der Waals surface area (Å²) in [5.41, 5.74) is 10.2. The molecule has 0 bridgehead atoms. The van der Waals surface area contributed by atoms with E-state index in [4.69, 9.17) is 10.5 Å². The number of nitrogens with two attached hydrogens (primary N) is 1. The third kappa shape index (κ3) is 4.79. The second-order valence-electron chi connectivity index (χ2n) is 7.44. The number of carbonyl (C=O) groups excluding carboxylic acids is 2. The van der Waals surface area contributed by atoms with Crippen LogP contribution in [0, 0.1) is 12.8 Å². The lowest BCUT2D eigenvalue weighted by molar-refractivity contribution is -0.119. The Morgan fingerprint density at radius 1 is 1.31 bits per heavy atom. The van der Waals surface area contributed by atoms with Crippen molar-refractivity contribution in [3.8, 4) is 5.75 Å². The van der Waals surface area contributed by atoms with Crippen molar-refractivity contribution in [3.05, 3.63) is 57.6 Å². The van der Waals surface area contributed by atoms with Crippen molar-refractivity contribution >= 4 is 33.7 Å². The number of ether oxygens (including phenoxy) is 2. The van der Waals surface area contributed by atoms with Crippen LogP contribution in [0.25, 0.3) is 0 Å². The number of methoxy groups -OCH3 is 1. The van der Waals surface area contributed by atoms with Crippen LogP contribution in [0.3, 0.4) is 0 Å². The number of nitrogens with zero attached hydrogens (tertiary/aromatic N) is 1. The molecule has 1 aliphatic heterocycles. The summed E-state index contributed by atoms with van der Waals surface area (Å²) in [6.45, 7) is 4.71. The van der Waals surface area contributed by atoms with E-state index in [-0.39, 0.29) is 12.3 Å². The maximum absolute atomic E-state index is 13.1. The largest absolute Gasteiger partial charge is 0.513 e. The van der Waals surface area contributed by atoms with E-state index in [0.717, 1.165) is 23.2 Å². The third-order valence-electron chi connectivity index (χ3n) is 5.09. The van der Waals surface area contributed by atoms with Crippen LogP contribution in [0.15, 0.2) is 40.9 Å². The summed E-state index contributed by atoms with van der Waals surface area (Å²) in [6.07, 6.45) is 0.358. The smallest absolute Gasteiger partial charge is 0.437 e. The third-order valence-corrected chi connectivity index (χ3v) is 5.75. The Bertz CT molecular complexity index is 908. The molecule has 1 amide bonds. The van der Waals surface area contributed by atoms with Crippen LogP contribution in [0.5, 0.6) is 5.75 Å². The molecule has 29 heavy (non-hydrogen) atoms. The summed E-state index contributed by atoms with van der Waals surface area (Å²) in [5.74, 6) is 0.744. The first-order valence-electron chi connectivity index (χ1n) is 9.49. The number of hydrogen-bond donors (Lipinski definition) is 1. The molecule has 1 aliphatic rings. The topological polar surface area (TPSA) is 81.9 Å². The van der Waals surface area contributed by atoms with Crippen LogP contribution in [0.1, 0.15) is 36.1 Å². The summed E-state index contributed by atoms with van der Waals surface area (Å²) in [6, 6.07) is 10.9. The SMILES string of the molecule is COC(=O)Oc1cc(C)c(C(N)CC(=O)N2CC(C)Cc3ccccc32)c(Br)c1. The normalized spacial score (nSPS) is 16.7. The number of fused-ring (bicyclic) bond motifs is 1. The van der Waals surface area contributed by atoms with Gasteiger partial charge in [-0.1, -0.05) is 41.1 Å². The number of para-hydroxylation sites is 1. The van der Waals surface area contributed by atoms with E-state index < -0.39 is 12.2 Å². The van der Waals surface area contributed by atoms with Gasteiger partial charge in [-0.15, -0.1) is 0 Å². The fourth-order valence-corrected chi connectivity index (χ4v) is 4.66. The average molecular weight is 461 g/mol. The molecule has 0 fully saturated rings. The number of rotatable bonds is 4. The highest BCUT2D eigenvalue weighted by atomic mass is 79.9. The molecule has 0 aliphatic carbocycles. The van der Waals surface area contributed by atoms with Crippen LogP contribution in [-0.4, -0.2) is 25.7 Å². The maximum atomic E-state index is 13.1. The van der Waals surface area contributed by atoms with Gasteiger partial charge < -0.3 is 20.1 Å². The van der Waals surface area contributed by atoms with Gasteiger partial charge in [0.2, 0.25) is 5.91 Å². The predicted molar refractivity (Wildman–Crippen MR) is 115 cm³/mol. The van der Waals surface area contributed by atoms with Crippen LogP contribution in [0.2, 0.25) is 0 Å². The molecular weight excluding hydrogens is 436 g/mol. The number of anilines is 1. The minimum atomic E-state index is -0.790. The molecular formula is C22H25BrN2O4. The highest BCUT2D eigenvalue weighted by Crippen LogP contribution is 2.34. The van der Waals surface area contributed by atoms with Crippen molar-refractivity contribution in [1.29, 1.82) is 0 Å². The van der Waals surface area contributed by atoms with E-state index >= 15 is 0 Å². The first kappa shape index (κ1) is 21.3. The van der Waals surface area contributed by atoms with Gasteiger partial charge in [-0.3, -0.25) is 4.79 Å². The van der Waals surface area contributed by atoms with Gasteiger partial charge >= 0.3 is 6.16 Å². The molecule has 0 radical (unpaired) electrons. The first-order chi connectivity index (χ1) is 13.8. The van der Waals surface area contributed by atoms with E-state index in [0.29, 0.717) is 22.7 Å². The molecule has 3 rings (SSSR count). The van der Waals surface area contributed by atoms with E-state index in [2.05, 4.69) is 33.7 Å². The number of halogens is 1. The van der Waals surface area contributed by atoms with Crippen molar-refractivity contribution in [2.45, 2.75) is 32.7 Å². The zero-order valence-corrected chi connectivity index (χ0v) is 18.4. The molecule has 7 heteroatoms. The number of carbonyl (C=O) groups is 2. The zero-order chi connectivity index (χ0) is 21.1. The van der Waals surface area contributed by atoms with E-state index in [1.54, 1.807) is 12.1 Å². The molecule has 2 N–H and O–H groups in total. The minimum absolute atomic E-state index is 0.00214. The molecule has 154 valence electrons. The molecule has 6 nitrogen and oxygen atoms in total. The van der Waals surface area contributed by atoms with Gasteiger partial charge in [-0.05, 0) is 54.2 Å². The van der Waals surface area contributed by atoms with Gasteiger partial charge in [-0.2, -0.15) is 0 Å². The summed E-state index contributed by atoms with van der Waals surface area (Å²) < 4.78 is 10.3. The van der Waals surface area contributed by atoms with Crippen LogP contribution in [-0.2, 0) is 16.0 Å². The molecule has 0 aromatic heterocycles. The number of hydrogen-bond acceptors (Lipinski definition) is 5. The number of amides is 1. The van der Waals surface area contributed by atoms with Crippen molar-refractivity contribution < 1.29 is 19.1 Å². The van der Waals surface area contributed by atoms with Crippen LogP contribution in [0.4, 0.5) is 10.5 Å². The van der Waals surface area contributed by atoms with Crippen molar-refractivity contribution in [1.82, 2.24) is 0 Å². The molecule has 0 saturated carbocycles. The Morgan fingerprint density at radius 2 is 2.03 bits per heavy atom. The van der Waals surface area contributed by atoms with Crippen molar-refractivity contribution in [2.24, 2.45) is 11.7 Å². The molecule has 2 aromatic carbocycles. The minimum Gasteiger partial charge on any atom is -0.437 e. The standard InChI is InChI=1S/C22H25BrN2O4/c1-13-8-15-6-4-5-7-19(15)25(12-13)20(26)11-18(24)21-14(2)9-16(10-17(21)23)29-22(27)28-3/h4-7,9-10,13,18H,8,11-12,24H2,1-3H3. The Balaban J connectivity index is 1.79. The second-order valence-corrected chi connectivity index (χ2v) is 8.30. The van der Waals surface area contributed by atoms with E-state index in [9.17, 15) is 9.59 Å². The molecule has 2 unspecified atom stereocenters. The predicted octanol–water partition coefficient (Wildman–Crippen LogP) is 4.52. The Kier molecular flexibility index (Phi) is 6.59. The van der Waals surface area contributed by atoms with Gasteiger partial charge in [0.25, 0.3) is 0 Å². The van der Waals surface area contributed by atoms with Gasteiger partial charge in [0.05, 0.1) is 7.11 Å². The summed E-state index contributed by atoms with van der Waals surface area (Å²) in [7, 11) is 1.25. The Hall–Kier alpha value is -2.38. The van der Waals surface area contributed by atoms with Gasteiger partial charge in [0.15, 0.2) is 0 Å². The van der Waals surface area contributed by atoms with Crippen molar-refractivity contribution in [2.75, 3.05) is 18.6 Å². The summed E-state index contributed by atoms with van der Waals surface area (Å²) in [5, 5.41) is 0. The van der Waals surface area contributed by atoms with Gasteiger partial charge in [-0.25, -0.2) is 4.79 Å². The quantitative estimate of drug-likeness (QED) is 0.535. The monoisotopic (exact) mass is 460 g/mol. The highest BCUT2D eigenvalue weighted by Gasteiger charge is 2.28. The number of benzene rings is 2. The van der Waals surface area contributed by atoms with Crippen LogP contribution < -0.4 is 15.4 Å². The zero-order valence-electron chi connectivity index (χ0n) is 16.8. The Labute approximate surface area is 179 Å². The lowest BCUT2D eigenvalue weighted by Crippen LogP contribution is -2.40. The lowest BCUT2D eigenvalue weighted by Gasteiger charge is -2.34. The van der Waals surface area contributed by atoms with E-state index in [1.165, 1.54) is 12.7 Å². The molecule has 1 heterocycles. The summed E-state index contributed by atoms with van der Waals surface area (Å²) in [4.78, 5) is 26.3. The molecule has 2 aromatic rings. The molecule has 0 saturated heterocycles. The first-order valence-corrected chi connectivity index (χ1v) is 10.3. The van der Waals surface area contributed by atoms with Crippen molar-refractivity contribution in [3.63, 3.8) is 0 Å². The fraction of sp³-hybridized carbons (Fsp3) is 0.364. The van der Waals surface area contributed by atoms with Crippen LogP contribution >= 0.6 is 15.9 Å². The second kappa shape index (κ2) is 8.97.